The van der Waals surface area contributed by atoms with Gasteiger partial charge in [0.1, 0.15) is 5.69 Å². The van der Waals surface area contributed by atoms with Gasteiger partial charge in [0.2, 0.25) is 0 Å². The lowest BCUT2D eigenvalue weighted by molar-refractivity contribution is 0.00547. The molecule has 0 unspecified atom stereocenters. The van der Waals surface area contributed by atoms with Crippen molar-refractivity contribution in [3.63, 3.8) is 0 Å². The SMILES string of the molecule is Cc1cnc(C(=O)N2CC(O)C2)cn1. The maximum atomic E-state index is 11.6. The molecular weight excluding hydrogens is 182 g/mol. The Labute approximate surface area is 81.4 Å². The van der Waals surface area contributed by atoms with E-state index in [0.29, 0.717) is 18.8 Å². The summed E-state index contributed by atoms with van der Waals surface area (Å²) < 4.78 is 0. The number of aromatic nitrogens is 2. The molecule has 0 spiro atoms. The second kappa shape index (κ2) is 3.34. The molecule has 2 rings (SSSR count). The molecule has 1 fully saturated rings. The second-order valence-corrected chi connectivity index (χ2v) is 3.41. The van der Waals surface area contributed by atoms with E-state index in [9.17, 15) is 4.79 Å². The standard InChI is InChI=1S/C9H11N3O2/c1-6-2-11-8(3-10-6)9(14)12-4-7(13)5-12/h2-3,7,13H,4-5H2,1H3. The summed E-state index contributed by atoms with van der Waals surface area (Å²) in [5, 5.41) is 9.03. The summed E-state index contributed by atoms with van der Waals surface area (Å²) >= 11 is 0. The summed E-state index contributed by atoms with van der Waals surface area (Å²) in [6.07, 6.45) is 2.64. The Morgan fingerprint density at radius 2 is 2.21 bits per heavy atom. The van der Waals surface area contributed by atoms with Crippen molar-refractivity contribution >= 4 is 5.91 Å². The number of aliphatic hydroxyl groups excluding tert-OH is 1. The zero-order valence-electron chi connectivity index (χ0n) is 7.84. The normalized spacial score (nSPS) is 16.6. The zero-order valence-corrected chi connectivity index (χ0v) is 7.84. The third-order valence-corrected chi connectivity index (χ3v) is 2.15. The predicted molar refractivity (Wildman–Crippen MR) is 48.7 cm³/mol. The van der Waals surface area contributed by atoms with Crippen molar-refractivity contribution < 1.29 is 9.90 Å². The van der Waals surface area contributed by atoms with Crippen LogP contribution < -0.4 is 0 Å². The Morgan fingerprint density at radius 1 is 1.50 bits per heavy atom. The topological polar surface area (TPSA) is 66.3 Å². The van der Waals surface area contributed by atoms with E-state index in [0.717, 1.165) is 5.69 Å². The highest BCUT2D eigenvalue weighted by atomic mass is 16.3. The van der Waals surface area contributed by atoms with Crippen molar-refractivity contribution in [3.8, 4) is 0 Å². The minimum Gasteiger partial charge on any atom is -0.389 e. The van der Waals surface area contributed by atoms with Gasteiger partial charge in [0.15, 0.2) is 0 Å². The third-order valence-electron chi connectivity index (χ3n) is 2.15. The predicted octanol–water partition coefficient (Wildman–Crippen LogP) is -0.398. The van der Waals surface area contributed by atoms with Crippen LogP contribution in [0.2, 0.25) is 0 Å². The van der Waals surface area contributed by atoms with Crippen molar-refractivity contribution in [2.75, 3.05) is 13.1 Å². The van der Waals surface area contributed by atoms with Gasteiger partial charge in [-0.05, 0) is 6.92 Å². The van der Waals surface area contributed by atoms with Crippen molar-refractivity contribution in [2.24, 2.45) is 0 Å². The minimum atomic E-state index is -0.377. The second-order valence-electron chi connectivity index (χ2n) is 3.41. The summed E-state index contributed by atoms with van der Waals surface area (Å²) in [7, 11) is 0. The summed E-state index contributed by atoms with van der Waals surface area (Å²) in [6.45, 7) is 2.61. The zero-order chi connectivity index (χ0) is 10.1. The van der Waals surface area contributed by atoms with E-state index in [1.54, 1.807) is 11.1 Å². The van der Waals surface area contributed by atoms with E-state index in [1.165, 1.54) is 6.20 Å². The molecule has 1 aliphatic rings. The minimum absolute atomic E-state index is 0.164. The van der Waals surface area contributed by atoms with Crippen LogP contribution in [-0.2, 0) is 0 Å². The van der Waals surface area contributed by atoms with Gasteiger partial charge in [0, 0.05) is 19.3 Å². The van der Waals surface area contributed by atoms with Crippen molar-refractivity contribution in [3.05, 3.63) is 23.8 Å². The quantitative estimate of drug-likeness (QED) is 0.659. The molecule has 1 N–H and O–H groups in total. The van der Waals surface area contributed by atoms with Gasteiger partial charge in [-0.2, -0.15) is 0 Å². The van der Waals surface area contributed by atoms with Crippen molar-refractivity contribution in [2.45, 2.75) is 13.0 Å². The van der Waals surface area contributed by atoms with E-state index in [2.05, 4.69) is 9.97 Å². The number of rotatable bonds is 1. The first kappa shape index (κ1) is 9.08. The van der Waals surface area contributed by atoms with Gasteiger partial charge in [-0.3, -0.25) is 9.78 Å². The molecular formula is C9H11N3O2. The fourth-order valence-corrected chi connectivity index (χ4v) is 1.29. The number of carbonyl (C=O) groups is 1. The molecule has 0 saturated carbocycles. The highest BCUT2D eigenvalue weighted by molar-refractivity contribution is 5.92. The van der Waals surface area contributed by atoms with Crippen LogP contribution in [0.4, 0.5) is 0 Å². The first-order valence-electron chi connectivity index (χ1n) is 4.43. The molecule has 0 radical (unpaired) electrons. The van der Waals surface area contributed by atoms with Crippen LogP contribution in [0.25, 0.3) is 0 Å². The van der Waals surface area contributed by atoms with Gasteiger partial charge in [-0.1, -0.05) is 0 Å². The molecule has 0 aliphatic carbocycles. The average Bonchev–Trinajstić information content (AvgIpc) is 2.13. The number of aryl methyl sites for hydroxylation is 1. The maximum Gasteiger partial charge on any atom is 0.274 e. The van der Waals surface area contributed by atoms with Gasteiger partial charge >= 0.3 is 0 Å². The molecule has 0 aromatic carbocycles. The molecule has 5 heteroatoms. The van der Waals surface area contributed by atoms with Crippen LogP contribution in [0, 0.1) is 6.92 Å². The fourth-order valence-electron chi connectivity index (χ4n) is 1.29. The number of carbonyl (C=O) groups excluding carboxylic acids is 1. The van der Waals surface area contributed by atoms with Crippen molar-refractivity contribution in [1.82, 2.24) is 14.9 Å². The van der Waals surface area contributed by atoms with Crippen LogP contribution in [0.3, 0.4) is 0 Å². The maximum absolute atomic E-state index is 11.6. The molecule has 1 amide bonds. The van der Waals surface area contributed by atoms with E-state index in [4.69, 9.17) is 5.11 Å². The van der Waals surface area contributed by atoms with E-state index >= 15 is 0 Å². The largest absolute Gasteiger partial charge is 0.389 e. The number of aliphatic hydroxyl groups is 1. The van der Waals surface area contributed by atoms with Gasteiger partial charge < -0.3 is 10.0 Å². The summed E-state index contributed by atoms with van der Waals surface area (Å²) in [5.41, 5.74) is 1.12. The molecule has 0 atom stereocenters. The molecule has 1 aromatic rings. The summed E-state index contributed by atoms with van der Waals surface area (Å²) in [6, 6.07) is 0. The number of nitrogens with zero attached hydrogens (tertiary/aromatic N) is 3. The molecule has 5 nitrogen and oxygen atoms in total. The molecule has 14 heavy (non-hydrogen) atoms. The lowest BCUT2D eigenvalue weighted by atomic mass is 10.1. The molecule has 1 saturated heterocycles. The summed E-state index contributed by atoms with van der Waals surface area (Å²) in [5.74, 6) is -0.164. The smallest absolute Gasteiger partial charge is 0.274 e. The molecule has 1 aliphatic heterocycles. The lowest BCUT2D eigenvalue weighted by Gasteiger charge is -2.35. The molecule has 74 valence electrons. The number of β-amino-alcohol motifs (C(OH)–C–C–N with tert-alkyl or cyclic N) is 1. The monoisotopic (exact) mass is 193 g/mol. The van der Waals surface area contributed by atoms with E-state index in [-0.39, 0.29) is 12.0 Å². The van der Waals surface area contributed by atoms with Crippen LogP contribution >= 0.6 is 0 Å². The lowest BCUT2D eigenvalue weighted by Crippen LogP contribution is -2.53. The van der Waals surface area contributed by atoms with Gasteiger partial charge in [0.25, 0.3) is 5.91 Å². The number of hydrogen-bond donors (Lipinski definition) is 1. The average molecular weight is 193 g/mol. The third kappa shape index (κ3) is 1.58. The van der Waals surface area contributed by atoms with Gasteiger partial charge in [0.05, 0.1) is 18.0 Å². The Morgan fingerprint density at radius 3 is 2.71 bits per heavy atom. The Kier molecular flexibility index (Phi) is 2.17. The van der Waals surface area contributed by atoms with Gasteiger partial charge in [-0.25, -0.2) is 4.98 Å². The number of hydrogen-bond acceptors (Lipinski definition) is 4. The number of amides is 1. The number of likely N-dealkylation sites (tertiary alicyclic amines) is 1. The molecule has 0 bridgehead atoms. The highest BCUT2D eigenvalue weighted by Crippen LogP contribution is 2.10. The Hall–Kier alpha value is -1.49. The Balaban J connectivity index is 2.08. The molecule has 2 heterocycles. The van der Waals surface area contributed by atoms with Crippen molar-refractivity contribution in [1.29, 1.82) is 0 Å². The first-order valence-corrected chi connectivity index (χ1v) is 4.43. The highest BCUT2D eigenvalue weighted by Gasteiger charge is 2.30. The van der Waals surface area contributed by atoms with Crippen LogP contribution in [0.5, 0.6) is 0 Å². The van der Waals surface area contributed by atoms with Gasteiger partial charge in [-0.15, -0.1) is 0 Å². The fraction of sp³-hybridized carbons (Fsp3) is 0.444. The van der Waals surface area contributed by atoms with Crippen LogP contribution in [0.1, 0.15) is 16.2 Å². The van der Waals surface area contributed by atoms with E-state index < -0.39 is 0 Å². The van der Waals surface area contributed by atoms with E-state index in [1.807, 2.05) is 6.92 Å². The molecule has 1 aromatic heterocycles. The summed E-state index contributed by atoms with van der Waals surface area (Å²) in [4.78, 5) is 21.1. The first-order chi connectivity index (χ1) is 6.66. The van der Waals surface area contributed by atoms with Crippen LogP contribution in [-0.4, -0.2) is 45.1 Å². The Bertz CT molecular complexity index is 344. The van der Waals surface area contributed by atoms with Crippen LogP contribution in [0.15, 0.2) is 12.4 Å².